The lowest BCUT2D eigenvalue weighted by atomic mass is 10.2. The number of hydrogen-bond donors (Lipinski definition) is 0. The SMILES string of the molecule is CCCCCN1CCN(OC)C(OC)C1. The molecule has 15 heavy (non-hydrogen) atoms. The minimum absolute atomic E-state index is 0.0883. The van der Waals surface area contributed by atoms with E-state index in [-0.39, 0.29) is 6.23 Å². The van der Waals surface area contributed by atoms with Gasteiger partial charge in [-0.05, 0) is 13.0 Å². The van der Waals surface area contributed by atoms with Crippen LogP contribution in [0.3, 0.4) is 0 Å². The van der Waals surface area contributed by atoms with Crippen molar-refractivity contribution in [1.29, 1.82) is 0 Å². The van der Waals surface area contributed by atoms with Gasteiger partial charge in [0.15, 0.2) is 0 Å². The topological polar surface area (TPSA) is 24.9 Å². The molecule has 1 saturated heterocycles. The Kier molecular flexibility index (Phi) is 6.17. The van der Waals surface area contributed by atoms with Crippen LogP contribution >= 0.6 is 0 Å². The minimum Gasteiger partial charge on any atom is -0.363 e. The van der Waals surface area contributed by atoms with Gasteiger partial charge in [0.25, 0.3) is 0 Å². The highest BCUT2D eigenvalue weighted by Crippen LogP contribution is 2.11. The molecular formula is C11H24N2O2. The predicted octanol–water partition coefficient (Wildman–Crippen LogP) is 1.33. The monoisotopic (exact) mass is 216 g/mol. The van der Waals surface area contributed by atoms with E-state index in [1.807, 2.05) is 5.06 Å². The van der Waals surface area contributed by atoms with Gasteiger partial charge in [0.05, 0.1) is 7.11 Å². The third-order valence-corrected chi connectivity index (χ3v) is 2.96. The largest absolute Gasteiger partial charge is 0.363 e. The molecule has 1 heterocycles. The summed E-state index contributed by atoms with van der Waals surface area (Å²) in [6.45, 7) is 6.39. The van der Waals surface area contributed by atoms with Crippen LogP contribution in [0.15, 0.2) is 0 Å². The summed E-state index contributed by atoms with van der Waals surface area (Å²) in [4.78, 5) is 7.71. The lowest BCUT2D eigenvalue weighted by molar-refractivity contribution is -0.250. The summed E-state index contributed by atoms with van der Waals surface area (Å²) in [6, 6.07) is 0. The number of rotatable bonds is 6. The van der Waals surface area contributed by atoms with Crippen molar-refractivity contribution in [1.82, 2.24) is 9.96 Å². The molecule has 0 aromatic carbocycles. The maximum atomic E-state index is 5.39. The summed E-state index contributed by atoms with van der Waals surface area (Å²) in [5.74, 6) is 0. The summed E-state index contributed by atoms with van der Waals surface area (Å²) >= 11 is 0. The third kappa shape index (κ3) is 4.07. The van der Waals surface area contributed by atoms with E-state index >= 15 is 0 Å². The molecule has 1 aliphatic rings. The third-order valence-electron chi connectivity index (χ3n) is 2.96. The molecule has 1 unspecified atom stereocenters. The molecule has 0 bridgehead atoms. The molecule has 0 saturated carbocycles. The van der Waals surface area contributed by atoms with Crippen molar-refractivity contribution < 1.29 is 9.57 Å². The Morgan fingerprint density at radius 1 is 1.20 bits per heavy atom. The van der Waals surface area contributed by atoms with Crippen molar-refractivity contribution in [2.75, 3.05) is 40.4 Å². The summed E-state index contributed by atoms with van der Waals surface area (Å²) in [6.07, 6.45) is 3.98. The molecule has 0 N–H and O–H groups in total. The summed E-state index contributed by atoms with van der Waals surface area (Å²) < 4.78 is 5.39. The van der Waals surface area contributed by atoms with Crippen molar-refractivity contribution in [2.45, 2.75) is 32.4 Å². The molecule has 0 amide bonds. The second-order valence-electron chi connectivity index (χ2n) is 4.02. The van der Waals surface area contributed by atoms with Gasteiger partial charge in [-0.3, -0.25) is 9.74 Å². The summed E-state index contributed by atoms with van der Waals surface area (Å²) in [5.41, 5.74) is 0. The second-order valence-corrected chi connectivity index (χ2v) is 4.02. The van der Waals surface area contributed by atoms with Gasteiger partial charge in [0.2, 0.25) is 0 Å². The van der Waals surface area contributed by atoms with Crippen LogP contribution in [0.25, 0.3) is 0 Å². The van der Waals surface area contributed by atoms with Crippen LogP contribution in [0.5, 0.6) is 0 Å². The molecule has 90 valence electrons. The number of ether oxygens (including phenoxy) is 1. The van der Waals surface area contributed by atoms with Gasteiger partial charge in [-0.15, -0.1) is 0 Å². The van der Waals surface area contributed by atoms with Gasteiger partial charge in [-0.25, -0.2) is 0 Å². The first-order valence-corrected chi connectivity index (χ1v) is 5.87. The molecule has 0 aromatic heterocycles. The van der Waals surface area contributed by atoms with Gasteiger partial charge >= 0.3 is 0 Å². The molecule has 0 radical (unpaired) electrons. The molecule has 0 aromatic rings. The number of hydrogen-bond acceptors (Lipinski definition) is 4. The van der Waals surface area contributed by atoms with Crippen LogP contribution in [-0.2, 0) is 9.57 Å². The average molecular weight is 216 g/mol. The van der Waals surface area contributed by atoms with Crippen LogP contribution < -0.4 is 0 Å². The van der Waals surface area contributed by atoms with E-state index in [4.69, 9.17) is 9.57 Å². The van der Waals surface area contributed by atoms with Gasteiger partial charge < -0.3 is 4.74 Å². The summed E-state index contributed by atoms with van der Waals surface area (Å²) in [5, 5.41) is 1.91. The second kappa shape index (κ2) is 7.17. The molecule has 1 fully saturated rings. The Bertz CT molecular complexity index is 165. The number of piperazine rings is 1. The first-order valence-electron chi connectivity index (χ1n) is 5.87. The molecule has 1 aliphatic heterocycles. The van der Waals surface area contributed by atoms with Gasteiger partial charge in [-0.2, -0.15) is 5.06 Å². The standard InChI is InChI=1S/C11H24N2O2/c1-4-5-6-7-12-8-9-13(15-3)11(10-12)14-2/h11H,4-10H2,1-3H3. The highest BCUT2D eigenvalue weighted by atomic mass is 16.7. The van der Waals surface area contributed by atoms with E-state index in [0.717, 1.165) is 19.6 Å². The Morgan fingerprint density at radius 3 is 2.60 bits per heavy atom. The maximum absolute atomic E-state index is 5.39. The van der Waals surface area contributed by atoms with Crippen LogP contribution in [0, 0.1) is 0 Å². The maximum Gasteiger partial charge on any atom is 0.145 e. The fourth-order valence-electron chi connectivity index (χ4n) is 1.98. The molecule has 4 heteroatoms. The fraction of sp³-hybridized carbons (Fsp3) is 1.00. The van der Waals surface area contributed by atoms with Crippen molar-refractivity contribution in [3.63, 3.8) is 0 Å². The number of hydroxylamine groups is 2. The highest BCUT2D eigenvalue weighted by molar-refractivity contribution is 4.71. The highest BCUT2D eigenvalue weighted by Gasteiger charge is 2.26. The molecule has 0 spiro atoms. The molecule has 1 rings (SSSR count). The zero-order chi connectivity index (χ0) is 11.1. The summed E-state index contributed by atoms with van der Waals surface area (Å²) in [7, 11) is 3.45. The van der Waals surface area contributed by atoms with Crippen molar-refractivity contribution in [3.05, 3.63) is 0 Å². The van der Waals surface area contributed by atoms with E-state index in [1.54, 1.807) is 14.2 Å². The Morgan fingerprint density at radius 2 is 2.00 bits per heavy atom. The zero-order valence-corrected chi connectivity index (χ0v) is 10.2. The lowest BCUT2D eigenvalue weighted by Crippen LogP contribution is -2.53. The minimum atomic E-state index is 0.0883. The normalized spacial score (nSPS) is 24.6. The molecule has 0 aliphatic carbocycles. The van der Waals surface area contributed by atoms with Crippen molar-refractivity contribution >= 4 is 0 Å². The van der Waals surface area contributed by atoms with Crippen LogP contribution in [0.1, 0.15) is 26.2 Å². The first kappa shape index (κ1) is 12.9. The van der Waals surface area contributed by atoms with Crippen LogP contribution in [0.4, 0.5) is 0 Å². The Labute approximate surface area is 93.1 Å². The van der Waals surface area contributed by atoms with Crippen LogP contribution in [0.2, 0.25) is 0 Å². The van der Waals surface area contributed by atoms with Gasteiger partial charge in [-0.1, -0.05) is 19.8 Å². The number of nitrogens with zero attached hydrogens (tertiary/aromatic N) is 2. The Hall–Kier alpha value is -0.160. The van der Waals surface area contributed by atoms with Crippen molar-refractivity contribution in [2.24, 2.45) is 0 Å². The van der Waals surface area contributed by atoms with E-state index in [9.17, 15) is 0 Å². The van der Waals surface area contributed by atoms with E-state index < -0.39 is 0 Å². The fourth-order valence-corrected chi connectivity index (χ4v) is 1.98. The number of unbranched alkanes of at least 4 members (excludes halogenated alkanes) is 2. The van der Waals surface area contributed by atoms with E-state index in [0.29, 0.717) is 0 Å². The first-order chi connectivity index (χ1) is 7.31. The van der Waals surface area contributed by atoms with Gasteiger partial charge in [0, 0.05) is 26.7 Å². The number of methoxy groups -OCH3 is 1. The van der Waals surface area contributed by atoms with Crippen LogP contribution in [-0.4, -0.2) is 56.6 Å². The molecule has 4 nitrogen and oxygen atoms in total. The Balaban J connectivity index is 2.26. The lowest BCUT2D eigenvalue weighted by Gasteiger charge is -2.38. The van der Waals surface area contributed by atoms with Gasteiger partial charge in [0.1, 0.15) is 6.23 Å². The quantitative estimate of drug-likeness (QED) is 0.625. The van der Waals surface area contributed by atoms with E-state index in [1.165, 1.54) is 25.8 Å². The van der Waals surface area contributed by atoms with E-state index in [2.05, 4.69) is 11.8 Å². The zero-order valence-electron chi connectivity index (χ0n) is 10.2. The van der Waals surface area contributed by atoms with Crippen molar-refractivity contribution in [3.8, 4) is 0 Å². The molecular weight excluding hydrogens is 192 g/mol. The predicted molar refractivity (Wildman–Crippen MR) is 60.5 cm³/mol. The molecule has 1 atom stereocenters. The smallest absolute Gasteiger partial charge is 0.145 e. The average Bonchev–Trinajstić information content (AvgIpc) is 2.29.